The standard InChI is InChI=1S/C31H38N4O5/c1-3-39-29-26(27(36)28(29)37)32-13-16-35-14-11-23-24-19-22(38-2)9-10-25(24)33-30(23)31(35)12-15-34(20-31)17-18-40-21-7-5-4-6-8-21/h4-10,19,26,29,32-33H,3,11-18,20H2,1-2H3. The van der Waals surface area contributed by atoms with E-state index in [0.717, 1.165) is 62.6 Å². The Morgan fingerprint density at radius 3 is 2.70 bits per heavy atom. The summed E-state index contributed by atoms with van der Waals surface area (Å²) in [6, 6.07) is 15.7. The Morgan fingerprint density at radius 1 is 1.05 bits per heavy atom. The van der Waals surface area contributed by atoms with Crippen molar-refractivity contribution in [2.24, 2.45) is 0 Å². The second-order valence-corrected chi connectivity index (χ2v) is 10.9. The molecule has 40 heavy (non-hydrogen) atoms. The van der Waals surface area contributed by atoms with Gasteiger partial charge in [0, 0.05) is 62.5 Å². The summed E-state index contributed by atoms with van der Waals surface area (Å²) in [6.07, 6.45) is 1.27. The van der Waals surface area contributed by atoms with Gasteiger partial charge in [-0.25, -0.2) is 0 Å². The molecule has 3 aliphatic rings. The maximum Gasteiger partial charge on any atom is 0.230 e. The molecule has 1 aliphatic carbocycles. The van der Waals surface area contributed by atoms with Crippen molar-refractivity contribution in [2.45, 2.75) is 37.5 Å². The van der Waals surface area contributed by atoms with Crippen LogP contribution in [-0.2, 0) is 26.3 Å². The van der Waals surface area contributed by atoms with Crippen molar-refractivity contribution in [3.05, 3.63) is 59.8 Å². The molecular formula is C31H38N4O5. The minimum absolute atomic E-state index is 0.174. The van der Waals surface area contributed by atoms with Crippen molar-refractivity contribution in [2.75, 3.05) is 59.6 Å². The number of H-pyrrole nitrogens is 1. The van der Waals surface area contributed by atoms with Crippen LogP contribution < -0.4 is 14.8 Å². The third-order valence-corrected chi connectivity index (χ3v) is 8.74. The molecule has 0 radical (unpaired) electrons. The predicted molar refractivity (Wildman–Crippen MR) is 152 cm³/mol. The minimum Gasteiger partial charge on any atom is -0.497 e. The number of likely N-dealkylation sites (tertiary alicyclic amines) is 1. The molecule has 0 bridgehead atoms. The van der Waals surface area contributed by atoms with Crippen LogP contribution in [0.2, 0.25) is 0 Å². The minimum atomic E-state index is -0.658. The molecule has 2 aromatic carbocycles. The maximum absolute atomic E-state index is 12.2. The number of nitrogens with zero attached hydrogens (tertiary/aromatic N) is 2. The van der Waals surface area contributed by atoms with Gasteiger partial charge in [0.05, 0.1) is 12.6 Å². The van der Waals surface area contributed by atoms with E-state index >= 15 is 0 Å². The summed E-state index contributed by atoms with van der Waals surface area (Å²) < 4.78 is 17.1. The molecule has 2 N–H and O–H groups in total. The van der Waals surface area contributed by atoms with E-state index in [-0.39, 0.29) is 11.3 Å². The van der Waals surface area contributed by atoms with Gasteiger partial charge in [-0.3, -0.25) is 19.4 Å². The number of hydrogen-bond acceptors (Lipinski definition) is 8. The van der Waals surface area contributed by atoms with Crippen LogP contribution >= 0.6 is 0 Å². The molecule has 3 unspecified atom stereocenters. The lowest BCUT2D eigenvalue weighted by Crippen LogP contribution is -2.66. The van der Waals surface area contributed by atoms with Gasteiger partial charge >= 0.3 is 0 Å². The van der Waals surface area contributed by atoms with Crippen molar-refractivity contribution in [3.8, 4) is 11.5 Å². The second-order valence-electron chi connectivity index (χ2n) is 10.9. The Balaban J connectivity index is 1.20. The van der Waals surface area contributed by atoms with Gasteiger partial charge < -0.3 is 24.5 Å². The molecular weight excluding hydrogens is 508 g/mol. The molecule has 1 spiro atoms. The fraction of sp³-hybridized carbons (Fsp3) is 0.484. The maximum atomic E-state index is 12.2. The number of ether oxygens (including phenoxy) is 3. The summed E-state index contributed by atoms with van der Waals surface area (Å²) in [6.45, 7) is 7.89. The Labute approximate surface area is 234 Å². The van der Waals surface area contributed by atoms with Crippen LogP contribution in [0.15, 0.2) is 48.5 Å². The third kappa shape index (κ3) is 4.81. The Kier molecular flexibility index (Phi) is 7.63. The number of methoxy groups -OCH3 is 1. The molecule has 3 aromatic rings. The zero-order chi connectivity index (χ0) is 27.7. The molecule has 3 atom stereocenters. The summed E-state index contributed by atoms with van der Waals surface area (Å²) >= 11 is 0. The Hall–Kier alpha value is -3.24. The molecule has 2 fully saturated rings. The topological polar surface area (TPSA) is 96.1 Å². The van der Waals surface area contributed by atoms with E-state index in [1.165, 1.54) is 16.6 Å². The highest BCUT2D eigenvalue weighted by Gasteiger charge is 2.51. The van der Waals surface area contributed by atoms with E-state index in [2.05, 4.69) is 32.2 Å². The molecule has 0 amide bonds. The highest BCUT2D eigenvalue weighted by molar-refractivity contribution is 6.48. The number of benzene rings is 2. The van der Waals surface area contributed by atoms with Crippen LogP contribution in [0.5, 0.6) is 11.5 Å². The highest BCUT2D eigenvalue weighted by atomic mass is 16.5. The number of fused-ring (bicyclic) bond motifs is 4. The van der Waals surface area contributed by atoms with Gasteiger partial charge in [-0.1, -0.05) is 18.2 Å². The van der Waals surface area contributed by atoms with E-state index < -0.39 is 17.9 Å². The van der Waals surface area contributed by atoms with Gasteiger partial charge in [-0.2, -0.15) is 0 Å². The summed E-state index contributed by atoms with van der Waals surface area (Å²) in [5.74, 6) is 0.966. The monoisotopic (exact) mass is 546 g/mol. The van der Waals surface area contributed by atoms with E-state index in [0.29, 0.717) is 19.8 Å². The second kappa shape index (κ2) is 11.3. The molecule has 9 nitrogen and oxygen atoms in total. The van der Waals surface area contributed by atoms with Gasteiger partial charge in [-0.05, 0) is 55.7 Å². The third-order valence-electron chi connectivity index (χ3n) is 8.74. The smallest absolute Gasteiger partial charge is 0.230 e. The first-order valence-electron chi connectivity index (χ1n) is 14.3. The molecule has 9 heteroatoms. The number of hydrogen-bond donors (Lipinski definition) is 2. The molecule has 1 saturated carbocycles. The summed E-state index contributed by atoms with van der Waals surface area (Å²) in [5.41, 5.74) is 3.62. The Morgan fingerprint density at radius 2 is 1.90 bits per heavy atom. The molecule has 1 aromatic heterocycles. The summed E-state index contributed by atoms with van der Waals surface area (Å²) in [4.78, 5) is 33.0. The summed E-state index contributed by atoms with van der Waals surface area (Å²) in [7, 11) is 1.71. The van der Waals surface area contributed by atoms with Gasteiger partial charge in [0.1, 0.15) is 30.3 Å². The average Bonchev–Trinajstić information content (AvgIpc) is 3.58. The van der Waals surface area contributed by atoms with Crippen molar-refractivity contribution in [3.63, 3.8) is 0 Å². The summed E-state index contributed by atoms with van der Waals surface area (Å²) in [5, 5.41) is 4.55. The first-order chi connectivity index (χ1) is 19.5. The first kappa shape index (κ1) is 27.0. The highest BCUT2D eigenvalue weighted by Crippen LogP contribution is 2.45. The lowest BCUT2D eigenvalue weighted by Gasteiger charge is -2.45. The molecule has 212 valence electrons. The number of rotatable bonds is 11. The molecule has 1 saturated heterocycles. The van der Waals surface area contributed by atoms with Crippen LogP contribution in [0.3, 0.4) is 0 Å². The van der Waals surface area contributed by atoms with Crippen LogP contribution in [-0.4, -0.2) is 98.1 Å². The van der Waals surface area contributed by atoms with Crippen LogP contribution in [0.1, 0.15) is 24.6 Å². The SMILES string of the molecule is CCOC1C(=O)C(=O)C1NCCN1CCc2c([nH]c3ccc(OC)cc23)C12CCN(CCOc1ccccc1)C2. The van der Waals surface area contributed by atoms with E-state index in [4.69, 9.17) is 14.2 Å². The largest absolute Gasteiger partial charge is 0.497 e. The van der Waals surface area contributed by atoms with E-state index in [1.54, 1.807) is 7.11 Å². The van der Waals surface area contributed by atoms with Gasteiger partial charge in [0.15, 0.2) is 0 Å². The number of Topliss-reactive ketones (excluding diaryl/α,β-unsaturated/α-hetero) is 2. The van der Waals surface area contributed by atoms with Crippen LogP contribution in [0, 0.1) is 0 Å². The zero-order valence-electron chi connectivity index (χ0n) is 23.3. The molecule has 2 aliphatic heterocycles. The lowest BCUT2D eigenvalue weighted by molar-refractivity contribution is -0.158. The van der Waals surface area contributed by atoms with Crippen LogP contribution in [0.4, 0.5) is 0 Å². The van der Waals surface area contributed by atoms with Gasteiger partial charge in [0.25, 0.3) is 0 Å². The average molecular weight is 547 g/mol. The van der Waals surface area contributed by atoms with Crippen molar-refractivity contribution >= 4 is 22.5 Å². The van der Waals surface area contributed by atoms with Crippen molar-refractivity contribution < 1.29 is 23.8 Å². The number of para-hydroxylation sites is 1. The quantitative estimate of drug-likeness (QED) is 0.355. The number of aromatic nitrogens is 1. The van der Waals surface area contributed by atoms with Crippen molar-refractivity contribution in [1.29, 1.82) is 0 Å². The lowest BCUT2D eigenvalue weighted by atomic mass is 9.83. The fourth-order valence-corrected chi connectivity index (χ4v) is 6.68. The number of ketones is 2. The van der Waals surface area contributed by atoms with Gasteiger partial charge in [0.2, 0.25) is 11.6 Å². The molecule has 3 heterocycles. The number of nitrogens with one attached hydrogen (secondary N) is 2. The van der Waals surface area contributed by atoms with E-state index in [1.807, 2.05) is 43.3 Å². The van der Waals surface area contributed by atoms with Gasteiger partial charge in [-0.15, -0.1) is 0 Å². The number of carbonyl (C=O) groups excluding carboxylic acids is 2. The van der Waals surface area contributed by atoms with E-state index in [9.17, 15) is 9.59 Å². The predicted octanol–water partition coefficient (Wildman–Crippen LogP) is 2.53. The zero-order valence-corrected chi connectivity index (χ0v) is 23.3. The first-order valence-corrected chi connectivity index (χ1v) is 14.3. The fourth-order valence-electron chi connectivity index (χ4n) is 6.68. The number of carbonyl (C=O) groups is 2. The Bertz CT molecular complexity index is 1370. The van der Waals surface area contributed by atoms with Crippen LogP contribution in [0.25, 0.3) is 10.9 Å². The number of aromatic amines is 1. The molecule has 6 rings (SSSR count). The van der Waals surface area contributed by atoms with Crippen molar-refractivity contribution in [1.82, 2.24) is 20.1 Å². The normalized spacial score (nSPS) is 24.9.